The SMILES string of the molecule is CCCCCCCCCC(CCCCC)C(=O)OCC(C)OC(=O)CCCCN(C)C. The second kappa shape index (κ2) is 20.8. The van der Waals surface area contributed by atoms with Crippen molar-refractivity contribution in [2.24, 2.45) is 5.92 Å². The minimum Gasteiger partial charge on any atom is -0.462 e. The Hall–Kier alpha value is -1.10. The van der Waals surface area contributed by atoms with E-state index >= 15 is 0 Å². The summed E-state index contributed by atoms with van der Waals surface area (Å²) in [6.07, 6.45) is 15.8. The summed E-state index contributed by atoms with van der Waals surface area (Å²) in [4.78, 5) is 26.7. The first-order valence-corrected chi connectivity index (χ1v) is 12.9. The summed E-state index contributed by atoms with van der Waals surface area (Å²) in [6.45, 7) is 7.34. The first-order valence-electron chi connectivity index (χ1n) is 12.9. The van der Waals surface area contributed by atoms with Crippen LogP contribution in [-0.2, 0) is 19.1 Å². The Morgan fingerprint density at radius 1 is 0.774 bits per heavy atom. The maximum Gasteiger partial charge on any atom is 0.309 e. The molecule has 5 nitrogen and oxygen atoms in total. The third kappa shape index (κ3) is 19.3. The smallest absolute Gasteiger partial charge is 0.309 e. The van der Waals surface area contributed by atoms with Gasteiger partial charge in [0, 0.05) is 6.42 Å². The second-order valence-electron chi connectivity index (χ2n) is 9.29. The molecule has 2 unspecified atom stereocenters. The molecule has 0 rings (SSSR count). The van der Waals surface area contributed by atoms with Gasteiger partial charge in [0.15, 0.2) is 0 Å². The third-order valence-corrected chi connectivity index (χ3v) is 5.67. The molecule has 0 aromatic heterocycles. The highest BCUT2D eigenvalue weighted by atomic mass is 16.6. The summed E-state index contributed by atoms with van der Waals surface area (Å²) in [5.74, 6) is -0.336. The van der Waals surface area contributed by atoms with Gasteiger partial charge in [-0.25, -0.2) is 0 Å². The van der Waals surface area contributed by atoms with Crippen molar-refractivity contribution >= 4 is 11.9 Å². The monoisotopic (exact) mass is 441 g/mol. The molecule has 0 aliphatic rings. The van der Waals surface area contributed by atoms with Crippen molar-refractivity contribution in [1.82, 2.24) is 4.90 Å². The summed E-state index contributed by atoms with van der Waals surface area (Å²) in [5, 5.41) is 0. The Kier molecular flexibility index (Phi) is 20.0. The predicted octanol–water partition coefficient (Wildman–Crippen LogP) is 6.53. The molecule has 31 heavy (non-hydrogen) atoms. The molecular weight excluding hydrogens is 390 g/mol. The molecule has 0 aromatic rings. The molecule has 0 heterocycles. The van der Waals surface area contributed by atoms with Crippen LogP contribution in [0, 0.1) is 5.92 Å². The molecule has 0 radical (unpaired) electrons. The lowest BCUT2D eigenvalue weighted by Gasteiger charge is -2.18. The van der Waals surface area contributed by atoms with Crippen LogP contribution in [0.15, 0.2) is 0 Å². The molecule has 0 aliphatic heterocycles. The van der Waals surface area contributed by atoms with Crippen LogP contribution >= 0.6 is 0 Å². The van der Waals surface area contributed by atoms with Crippen LogP contribution in [0.25, 0.3) is 0 Å². The number of hydrogen-bond acceptors (Lipinski definition) is 5. The van der Waals surface area contributed by atoms with Crippen molar-refractivity contribution in [3.8, 4) is 0 Å². The molecule has 0 fully saturated rings. The zero-order valence-electron chi connectivity index (χ0n) is 21.3. The number of carbonyl (C=O) groups is 2. The average Bonchev–Trinajstić information content (AvgIpc) is 2.73. The van der Waals surface area contributed by atoms with E-state index in [0.29, 0.717) is 6.42 Å². The van der Waals surface area contributed by atoms with Crippen LogP contribution in [0.2, 0.25) is 0 Å². The van der Waals surface area contributed by atoms with Gasteiger partial charge in [0.1, 0.15) is 12.7 Å². The second-order valence-corrected chi connectivity index (χ2v) is 9.29. The molecule has 5 heteroatoms. The Bertz CT molecular complexity index is 439. The van der Waals surface area contributed by atoms with E-state index in [4.69, 9.17) is 9.47 Å². The molecular formula is C26H51NO4. The van der Waals surface area contributed by atoms with Gasteiger partial charge in [-0.05, 0) is 53.2 Å². The quantitative estimate of drug-likeness (QED) is 0.150. The van der Waals surface area contributed by atoms with Crippen molar-refractivity contribution in [1.29, 1.82) is 0 Å². The van der Waals surface area contributed by atoms with Gasteiger partial charge in [-0.2, -0.15) is 0 Å². The largest absolute Gasteiger partial charge is 0.462 e. The van der Waals surface area contributed by atoms with E-state index in [2.05, 4.69) is 18.7 Å². The average molecular weight is 442 g/mol. The number of esters is 2. The molecule has 0 aliphatic carbocycles. The van der Waals surface area contributed by atoms with Gasteiger partial charge in [-0.3, -0.25) is 9.59 Å². The normalized spacial score (nSPS) is 13.2. The summed E-state index contributed by atoms with van der Waals surface area (Å²) < 4.78 is 10.9. The first kappa shape index (κ1) is 29.9. The van der Waals surface area contributed by atoms with Crippen LogP contribution < -0.4 is 0 Å². The van der Waals surface area contributed by atoms with E-state index < -0.39 is 0 Å². The number of rotatable bonds is 21. The maximum atomic E-state index is 12.6. The highest BCUT2D eigenvalue weighted by molar-refractivity contribution is 5.72. The van der Waals surface area contributed by atoms with Crippen molar-refractivity contribution in [3.05, 3.63) is 0 Å². The summed E-state index contributed by atoms with van der Waals surface area (Å²) in [7, 11) is 4.05. The summed E-state index contributed by atoms with van der Waals surface area (Å²) >= 11 is 0. The fourth-order valence-corrected chi connectivity index (χ4v) is 3.70. The zero-order valence-corrected chi connectivity index (χ0v) is 21.3. The number of nitrogens with zero attached hydrogens (tertiary/aromatic N) is 1. The minimum atomic E-state index is -0.389. The predicted molar refractivity (Wildman–Crippen MR) is 129 cm³/mol. The van der Waals surface area contributed by atoms with E-state index in [1.807, 2.05) is 14.1 Å². The van der Waals surface area contributed by atoms with Crippen molar-refractivity contribution < 1.29 is 19.1 Å². The molecule has 0 aromatic carbocycles. The Morgan fingerprint density at radius 3 is 1.94 bits per heavy atom. The number of hydrogen-bond donors (Lipinski definition) is 0. The fourth-order valence-electron chi connectivity index (χ4n) is 3.70. The van der Waals surface area contributed by atoms with Crippen LogP contribution in [0.3, 0.4) is 0 Å². The zero-order chi connectivity index (χ0) is 23.3. The Labute approximate surface area is 192 Å². The fraction of sp³-hybridized carbons (Fsp3) is 0.923. The molecule has 184 valence electrons. The molecule has 0 saturated carbocycles. The Morgan fingerprint density at radius 2 is 1.32 bits per heavy atom. The van der Waals surface area contributed by atoms with Gasteiger partial charge in [-0.1, -0.05) is 78.1 Å². The highest BCUT2D eigenvalue weighted by Crippen LogP contribution is 2.20. The molecule has 0 amide bonds. The first-order chi connectivity index (χ1) is 14.9. The van der Waals surface area contributed by atoms with Crippen LogP contribution in [-0.4, -0.2) is 50.2 Å². The molecule has 2 atom stereocenters. The number of ether oxygens (including phenoxy) is 2. The standard InChI is InChI=1S/C26H51NO4/c1-6-8-10-11-12-13-15-19-24(18-14-9-7-2)26(29)30-22-23(3)31-25(28)20-16-17-21-27(4)5/h23-24H,6-22H2,1-5H3. The van der Waals surface area contributed by atoms with Crippen molar-refractivity contribution in [2.75, 3.05) is 27.2 Å². The Balaban J connectivity index is 4.17. The highest BCUT2D eigenvalue weighted by Gasteiger charge is 2.21. The van der Waals surface area contributed by atoms with Gasteiger partial charge < -0.3 is 14.4 Å². The number of unbranched alkanes of at least 4 members (excludes halogenated alkanes) is 9. The molecule has 0 bridgehead atoms. The van der Waals surface area contributed by atoms with E-state index in [1.165, 1.54) is 38.5 Å². The van der Waals surface area contributed by atoms with E-state index in [9.17, 15) is 9.59 Å². The van der Waals surface area contributed by atoms with Gasteiger partial charge in [0.2, 0.25) is 0 Å². The van der Waals surface area contributed by atoms with E-state index in [0.717, 1.165) is 57.9 Å². The van der Waals surface area contributed by atoms with Crippen molar-refractivity contribution in [2.45, 2.75) is 123 Å². The summed E-state index contributed by atoms with van der Waals surface area (Å²) in [6, 6.07) is 0. The van der Waals surface area contributed by atoms with Crippen LogP contribution in [0.1, 0.15) is 117 Å². The van der Waals surface area contributed by atoms with Gasteiger partial charge in [0.25, 0.3) is 0 Å². The third-order valence-electron chi connectivity index (χ3n) is 5.67. The lowest BCUT2D eigenvalue weighted by atomic mass is 9.94. The van der Waals surface area contributed by atoms with E-state index in [1.54, 1.807) is 6.92 Å². The van der Waals surface area contributed by atoms with Gasteiger partial charge in [0.05, 0.1) is 5.92 Å². The van der Waals surface area contributed by atoms with Gasteiger partial charge in [-0.15, -0.1) is 0 Å². The molecule has 0 saturated heterocycles. The molecule has 0 N–H and O–H groups in total. The van der Waals surface area contributed by atoms with Gasteiger partial charge >= 0.3 is 11.9 Å². The lowest BCUT2D eigenvalue weighted by Crippen LogP contribution is -2.26. The van der Waals surface area contributed by atoms with Crippen molar-refractivity contribution in [3.63, 3.8) is 0 Å². The van der Waals surface area contributed by atoms with E-state index in [-0.39, 0.29) is 30.6 Å². The molecule has 0 spiro atoms. The summed E-state index contributed by atoms with van der Waals surface area (Å²) in [5.41, 5.74) is 0. The lowest BCUT2D eigenvalue weighted by molar-refractivity contribution is -0.160. The topological polar surface area (TPSA) is 55.8 Å². The van der Waals surface area contributed by atoms with Crippen LogP contribution in [0.5, 0.6) is 0 Å². The maximum absolute atomic E-state index is 12.6. The minimum absolute atomic E-state index is 0.0175. The number of carbonyl (C=O) groups excluding carboxylic acids is 2. The van der Waals surface area contributed by atoms with Crippen LogP contribution in [0.4, 0.5) is 0 Å².